The first-order valence-electron chi connectivity index (χ1n) is 10.4. The molecule has 1 aromatic carbocycles. The van der Waals surface area contributed by atoms with Crippen LogP contribution in [0.25, 0.3) is 11.3 Å². The van der Waals surface area contributed by atoms with Crippen LogP contribution in [-0.2, 0) is 17.6 Å². The lowest BCUT2D eigenvalue weighted by Crippen LogP contribution is -2.33. The molecule has 1 atom stereocenters. The van der Waals surface area contributed by atoms with E-state index in [1.807, 2.05) is 23.8 Å². The topological polar surface area (TPSA) is 57.0 Å². The van der Waals surface area contributed by atoms with Crippen molar-refractivity contribution in [2.45, 2.75) is 44.6 Å². The van der Waals surface area contributed by atoms with Gasteiger partial charge in [0.1, 0.15) is 0 Å². The van der Waals surface area contributed by atoms with Crippen LogP contribution in [0.5, 0.6) is 0 Å². The molecule has 0 radical (unpaired) electrons. The van der Waals surface area contributed by atoms with Crippen LogP contribution in [0.3, 0.4) is 0 Å². The summed E-state index contributed by atoms with van der Waals surface area (Å²) in [5.41, 5.74) is 6.41. The molecule has 1 aliphatic carbocycles. The lowest BCUT2D eigenvalue weighted by molar-refractivity contribution is 0.0683. The number of hydrogen-bond donors (Lipinski definition) is 0. The third kappa shape index (κ3) is 3.40. The summed E-state index contributed by atoms with van der Waals surface area (Å²) < 4.78 is 7.32. The molecule has 0 saturated carbocycles. The van der Waals surface area contributed by atoms with Crippen LogP contribution < -0.4 is 5.56 Å². The van der Waals surface area contributed by atoms with E-state index in [0.717, 1.165) is 48.2 Å². The van der Waals surface area contributed by atoms with Crippen LogP contribution in [0.4, 0.5) is 0 Å². The molecular weight excluding hydrogens is 362 g/mol. The van der Waals surface area contributed by atoms with E-state index in [1.54, 1.807) is 6.33 Å². The van der Waals surface area contributed by atoms with Crippen molar-refractivity contribution in [1.82, 2.24) is 14.5 Å². The van der Waals surface area contributed by atoms with Crippen molar-refractivity contribution in [1.29, 1.82) is 0 Å². The first-order valence-corrected chi connectivity index (χ1v) is 10.4. The Morgan fingerprint density at radius 1 is 1.10 bits per heavy atom. The van der Waals surface area contributed by atoms with Gasteiger partial charge in [-0.3, -0.25) is 14.3 Å². The number of aryl methyl sites for hydroxylation is 1. The summed E-state index contributed by atoms with van der Waals surface area (Å²) in [5, 5.41) is 0. The van der Waals surface area contributed by atoms with Gasteiger partial charge in [0.25, 0.3) is 5.56 Å². The van der Waals surface area contributed by atoms with E-state index in [0.29, 0.717) is 13.2 Å². The Balaban J connectivity index is 1.56. The summed E-state index contributed by atoms with van der Waals surface area (Å²) in [6, 6.07) is 12.8. The molecule has 1 unspecified atom stereocenters. The maximum absolute atomic E-state index is 13.4. The molecule has 1 fully saturated rings. The van der Waals surface area contributed by atoms with Gasteiger partial charge in [-0.15, -0.1) is 0 Å². The van der Waals surface area contributed by atoms with E-state index in [9.17, 15) is 4.79 Å². The maximum Gasteiger partial charge on any atom is 0.257 e. The second-order valence-corrected chi connectivity index (χ2v) is 8.13. The van der Waals surface area contributed by atoms with Crippen LogP contribution >= 0.6 is 0 Å². The van der Waals surface area contributed by atoms with Gasteiger partial charge in [0.15, 0.2) is 0 Å². The number of hydrogen-bond acceptors (Lipinski definition) is 4. The Kier molecular flexibility index (Phi) is 4.76. The zero-order valence-electron chi connectivity index (χ0n) is 16.7. The summed E-state index contributed by atoms with van der Waals surface area (Å²) in [7, 11) is 0. The molecule has 0 amide bonds. The number of aromatic nitrogens is 3. The fraction of sp³-hybridized carbons (Fsp3) is 0.375. The highest BCUT2D eigenvalue weighted by Gasteiger charge is 2.29. The lowest BCUT2D eigenvalue weighted by Gasteiger charge is -2.29. The minimum absolute atomic E-state index is 0.114. The van der Waals surface area contributed by atoms with E-state index in [1.165, 1.54) is 11.1 Å². The smallest absolute Gasteiger partial charge is 0.257 e. The van der Waals surface area contributed by atoms with Gasteiger partial charge < -0.3 is 4.74 Å². The highest BCUT2D eigenvalue weighted by atomic mass is 16.5. The normalized spacial score (nSPS) is 18.9. The molecular formula is C24H25N3O2. The fourth-order valence-electron chi connectivity index (χ4n) is 4.66. The number of pyridine rings is 1. The Hall–Kier alpha value is -2.79. The highest BCUT2D eigenvalue weighted by molar-refractivity contribution is 5.70. The summed E-state index contributed by atoms with van der Waals surface area (Å²) in [6.45, 7) is 3.42. The molecule has 5 heteroatoms. The van der Waals surface area contributed by atoms with E-state index < -0.39 is 0 Å². The molecule has 3 heterocycles. The van der Waals surface area contributed by atoms with E-state index in [-0.39, 0.29) is 17.5 Å². The Bertz CT molecular complexity index is 1080. The summed E-state index contributed by atoms with van der Waals surface area (Å²) >= 11 is 0. The van der Waals surface area contributed by atoms with Crippen molar-refractivity contribution in [3.05, 3.63) is 81.7 Å². The predicted octanol–water partition coefficient (Wildman–Crippen LogP) is 3.85. The molecule has 2 aliphatic rings. The lowest BCUT2D eigenvalue weighted by atomic mass is 9.78. The number of benzene rings is 1. The fourth-order valence-corrected chi connectivity index (χ4v) is 4.66. The van der Waals surface area contributed by atoms with Crippen LogP contribution in [0, 0.1) is 6.92 Å². The molecule has 0 N–H and O–H groups in total. The zero-order valence-corrected chi connectivity index (χ0v) is 16.7. The molecule has 0 bridgehead atoms. The summed E-state index contributed by atoms with van der Waals surface area (Å²) in [5.74, 6) is 0.253. The Morgan fingerprint density at radius 3 is 2.72 bits per heavy atom. The zero-order chi connectivity index (χ0) is 19.8. The van der Waals surface area contributed by atoms with Crippen molar-refractivity contribution >= 4 is 0 Å². The third-order valence-electron chi connectivity index (χ3n) is 6.23. The number of rotatable bonds is 3. The van der Waals surface area contributed by atoms with Crippen molar-refractivity contribution in [3.8, 4) is 11.3 Å². The second-order valence-electron chi connectivity index (χ2n) is 8.13. The van der Waals surface area contributed by atoms with Gasteiger partial charge in [0.05, 0.1) is 12.0 Å². The average molecular weight is 387 g/mol. The van der Waals surface area contributed by atoms with E-state index >= 15 is 0 Å². The first kappa shape index (κ1) is 18.3. The number of ether oxygens (including phenoxy) is 1. The maximum atomic E-state index is 13.4. The largest absolute Gasteiger partial charge is 0.381 e. The van der Waals surface area contributed by atoms with Gasteiger partial charge in [0, 0.05) is 42.3 Å². The van der Waals surface area contributed by atoms with Crippen molar-refractivity contribution in [3.63, 3.8) is 0 Å². The monoisotopic (exact) mass is 387 g/mol. The number of fused-ring (bicyclic) bond motifs is 3. The van der Waals surface area contributed by atoms with Crippen LogP contribution in [0.15, 0.2) is 53.7 Å². The quantitative estimate of drug-likeness (QED) is 0.685. The van der Waals surface area contributed by atoms with Crippen molar-refractivity contribution < 1.29 is 4.74 Å². The van der Waals surface area contributed by atoms with Gasteiger partial charge in [-0.1, -0.05) is 30.3 Å². The molecule has 5 nitrogen and oxygen atoms in total. The Labute approximate surface area is 170 Å². The van der Waals surface area contributed by atoms with Crippen molar-refractivity contribution in [2.75, 3.05) is 13.2 Å². The van der Waals surface area contributed by atoms with Gasteiger partial charge in [0.2, 0.25) is 0 Å². The van der Waals surface area contributed by atoms with Crippen LogP contribution in [0.1, 0.15) is 47.2 Å². The summed E-state index contributed by atoms with van der Waals surface area (Å²) in [4.78, 5) is 22.6. The molecule has 2 aromatic heterocycles. The molecule has 1 saturated heterocycles. The van der Waals surface area contributed by atoms with Gasteiger partial charge in [-0.2, -0.15) is 0 Å². The van der Waals surface area contributed by atoms with Gasteiger partial charge >= 0.3 is 0 Å². The molecule has 1 aliphatic heterocycles. The molecule has 3 aromatic rings. The standard InChI is InChI=1S/C24H25N3O2/c1-16-6-7-17(14-25-16)12-18-13-22-23(21-5-3-2-4-20(18)21)26-15-27(24(22)28)19-8-10-29-11-9-19/h2-7,14-15,18-19H,8-13H2,1H3. The van der Waals surface area contributed by atoms with Crippen LogP contribution in [-0.4, -0.2) is 27.7 Å². The Morgan fingerprint density at radius 2 is 1.93 bits per heavy atom. The van der Waals surface area contributed by atoms with E-state index in [2.05, 4.69) is 35.3 Å². The molecule has 0 spiro atoms. The number of nitrogens with zero attached hydrogens (tertiary/aromatic N) is 3. The van der Waals surface area contributed by atoms with Crippen molar-refractivity contribution in [2.24, 2.45) is 0 Å². The second kappa shape index (κ2) is 7.56. The van der Waals surface area contributed by atoms with E-state index in [4.69, 9.17) is 9.72 Å². The minimum atomic E-state index is 0.114. The minimum Gasteiger partial charge on any atom is -0.381 e. The summed E-state index contributed by atoms with van der Waals surface area (Å²) in [6.07, 6.45) is 7.03. The SMILES string of the molecule is Cc1ccc(CC2Cc3c(ncn(C4CCOCC4)c3=O)-c3ccccc32)cn1. The predicted molar refractivity (Wildman–Crippen MR) is 112 cm³/mol. The molecule has 148 valence electrons. The molecule has 29 heavy (non-hydrogen) atoms. The first-order chi connectivity index (χ1) is 14.2. The van der Waals surface area contributed by atoms with Crippen LogP contribution in [0.2, 0.25) is 0 Å². The highest BCUT2D eigenvalue weighted by Crippen LogP contribution is 2.39. The van der Waals surface area contributed by atoms with Gasteiger partial charge in [-0.25, -0.2) is 4.98 Å². The van der Waals surface area contributed by atoms with Gasteiger partial charge in [-0.05, 0) is 55.7 Å². The molecule has 5 rings (SSSR count). The third-order valence-corrected chi connectivity index (χ3v) is 6.23. The average Bonchev–Trinajstić information content (AvgIpc) is 2.77.